The average Bonchev–Trinajstić information content (AvgIpc) is 3.11. The molecule has 6 heteroatoms. The number of hydrogen-bond donors (Lipinski definition) is 0. The van der Waals surface area contributed by atoms with Gasteiger partial charge in [0.15, 0.2) is 0 Å². The Balaban J connectivity index is 2.09. The third-order valence-electron chi connectivity index (χ3n) is 3.45. The number of sulfonamides is 1. The summed E-state index contributed by atoms with van der Waals surface area (Å²) in [7, 11) is -3.47. The van der Waals surface area contributed by atoms with Gasteiger partial charge < -0.3 is 4.42 Å². The molecule has 1 aromatic rings. The highest BCUT2D eigenvalue weighted by molar-refractivity contribution is 7.89. The summed E-state index contributed by atoms with van der Waals surface area (Å²) in [5.41, 5.74) is 0. The van der Waals surface area contributed by atoms with E-state index < -0.39 is 10.0 Å². The highest BCUT2D eigenvalue weighted by atomic mass is 32.2. The lowest BCUT2D eigenvalue weighted by Gasteiger charge is -2.17. The van der Waals surface area contributed by atoms with Crippen molar-refractivity contribution >= 4 is 10.0 Å². The second-order valence-corrected chi connectivity index (χ2v) is 6.97. The minimum atomic E-state index is -3.47. The predicted octanol–water partition coefficient (Wildman–Crippen LogP) is 2.24. The Morgan fingerprint density at radius 1 is 1.19 bits per heavy atom. The maximum absolute atomic E-state index is 12.4. The molecule has 1 fully saturated rings. The van der Waals surface area contributed by atoms with Crippen LogP contribution in [0, 0.1) is 0 Å². The van der Waals surface area contributed by atoms with E-state index in [2.05, 4.69) is 18.1 Å². The Bertz CT molecular complexity index is 576. The highest BCUT2D eigenvalue weighted by Crippen LogP contribution is 2.23. The van der Waals surface area contributed by atoms with Crippen molar-refractivity contribution in [1.29, 1.82) is 0 Å². The Morgan fingerprint density at radius 2 is 1.81 bits per heavy atom. The van der Waals surface area contributed by atoms with E-state index in [1.165, 1.54) is 4.31 Å². The molecular weight excluding hydrogens is 288 g/mol. The molecule has 0 atom stereocenters. The van der Waals surface area contributed by atoms with Crippen LogP contribution < -0.4 is 0 Å². The van der Waals surface area contributed by atoms with Crippen molar-refractivity contribution in [3.63, 3.8) is 0 Å². The van der Waals surface area contributed by atoms with Gasteiger partial charge >= 0.3 is 0 Å². The summed E-state index contributed by atoms with van der Waals surface area (Å²) in [4.78, 5) is 2.06. The molecule has 0 radical (unpaired) electrons. The summed E-state index contributed by atoms with van der Waals surface area (Å²) in [6.45, 7) is 10.5. The van der Waals surface area contributed by atoms with Crippen molar-refractivity contribution in [2.24, 2.45) is 0 Å². The summed E-state index contributed by atoms with van der Waals surface area (Å²) >= 11 is 0. The molecule has 0 saturated carbocycles. The Morgan fingerprint density at radius 3 is 2.38 bits per heavy atom. The van der Waals surface area contributed by atoms with E-state index in [1.807, 2.05) is 0 Å². The quantitative estimate of drug-likeness (QED) is 0.691. The van der Waals surface area contributed by atoms with E-state index >= 15 is 0 Å². The van der Waals surface area contributed by atoms with Crippen LogP contribution in [0.2, 0.25) is 0 Å². The molecule has 1 aliphatic rings. The third kappa shape index (κ3) is 3.84. The monoisotopic (exact) mass is 310 g/mol. The van der Waals surface area contributed by atoms with E-state index in [-0.39, 0.29) is 5.09 Å². The van der Waals surface area contributed by atoms with E-state index in [1.54, 1.807) is 24.3 Å². The Kier molecular flexibility index (Phi) is 5.39. The van der Waals surface area contributed by atoms with E-state index in [9.17, 15) is 8.42 Å². The highest BCUT2D eigenvalue weighted by Gasteiger charge is 2.29. The minimum Gasteiger partial charge on any atom is -0.447 e. The van der Waals surface area contributed by atoms with Crippen molar-refractivity contribution in [2.45, 2.75) is 24.5 Å². The van der Waals surface area contributed by atoms with Gasteiger partial charge in [-0.25, -0.2) is 8.42 Å². The number of rotatable bonds is 8. The van der Waals surface area contributed by atoms with Crippen LogP contribution in [0.4, 0.5) is 0 Å². The second kappa shape index (κ2) is 7.06. The maximum atomic E-state index is 12.4. The Hall–Kier alpha value is -1.37. The maximum Gasteiger partial charge on any atom is 0.276 e. The zero-order chi connectivity index (χ0) is 15.3. The SMILES string of the molecule is C=CCN(CC=C)Cc1ccc(S(=O)(=O)N2CCCC2)o1. The first-order valence-electron chi connectivity index (χ1n) is 7.11. The number of hydrogen-bond acceptors (Lipinski definition) is 4. The van der Waals surface area contributed by atoms with E-state index in [4.69, 9.17) is 4.42 Å². The van der Waals surface area contributed by atoms with Crippen LogP contribution in [0.25, 0.3) is 0 Å². The first-order valence-corrected chi connectivity index (χ1v) is 8.55. The van der Waals surface area contributed by atoms with Gasteiger partial charge in [-0.2, -0.15) is 4.31 Å². The fourth-order valence-corrected chi connectivity index (χ4v) is 3.87. The molecule has 0 N–H and O–H groups in total. The normalized spacial score (nSPS) is 16.4. The lowest BCUT2D eigenvalue weighted by atomic mass is 10.3. The largest absolute Gasteiger partial charge is 0.447 e. The molecule has 1 saturated heterocycles. The van der Waals surface area contributed by atoms with Gasteiger partial charge in [-0.15, -0.1) is 13.2 Å². The molecule has 5 nitrogen and oxygen atoms in total. The van der Waals surface area contributed by atoms with Crippen LogP contribution in [0.3, 0.4) is 0 Å². The lowest BCUT2D eigenvalue weighted by Crippen LogP contribution is -2.27. The third-order valence-corrected chi connectivity index (χ3v) is 5.22. The molecule has 2 rings (SSSR count). The van der Waals surface area contributed by atoms with Crippen molar-refractivity contribution in [2.75, 3.05) is 26.2 Å². The summed E-state index contributed by atoms with van der Waals surface area (Å²) < 4.78 is 31.8. The molecule has 0 bridgehead atoms. The molecule has 116 valence electrons. The average molecular weight is 310 g/mol. The smallest absolute Gasteiger partial charge is 0.276 e. The van der Waals surface area contributed by atoms with Gasteiger partial charge in [-0.3, -0.25) is 4.90 Å². The molecule has 1 aliphatic heterocycles. The molecule has 21 heavy (non-hydrogen) atoms. The summed E-state index contributed by atoms with van der Waals surface area (Å²) in [5.74, 6) is 0.636. The molecule has 2 heterocycles. The van der Waals surface area contributed by atoms with Gasteiger partial charge in [-0.05, 0) is 25.0 Å². The van der Waals surface area contributed by atoms with Crippen LogP contribution in [0.1, 0.15) is 18.6 Å². The fourth-order valence-electron chi connectivity index (χ4n) is 2.43. The second-order valence-electron chi connectivity index (χ2n) is 5.10. The van der Waals surface area contributed by atoms with Crippen LogP contribution in [-0.4, -0.2) is 43.8 Å². The zero-order valence-electron chi connectivity index (χ0n) is 12.2. The predicted molar refractivity (Wildman–Crippen MR) is 82.4 cm³/mol. The van der Waals surface area contributed by atoms with Gasteiger partial charge in [0, 0.05) is 26.2 Å². The number of nitrogens with zero attached hydrogens (tertiary/aromatic N) is 2. The molecule has 1 aromatic heterocycles. The van der Waals surface area contributed by atoms with Crippen LogP contribution in [0.15, 0.2) is 47.0 Å². The lowest BCUT2D eigenvalue weighted by molar-refractivity contribution is 0.279. The summed E-state index contributed by atoms with van der Waals surface area (Å²) in [5, 5.41) is 0.0385. The number of furan rings is 1. The molecule has 0 amide bonds. The van der Waals surface area contributed by atoms with Crippen LogP contribution >= 0.6 is 0 Å². The van der Waals surface area contributed by atoms with Crippen molar-refractivity contribution < 1.29 is 12.8 Å². The van der Waals surface area contributed by atoms with Gasteiger partial charge in [-0.1, -0.05) is 12.2 Å². The first kappa shape index (κ1) is 16.0. The minimum absolute atomic E-state index is 0.0385. The molecular formula is C15H22N2O3S. The first-order chi connectivity index (χ1) is 10.1. The van der Waals surface area contributed by atoms with E-state index in [0.29, 0.717) is 38.5 Å². The Labute approximate surface area is 126 Å². The summed E-state index contributed by atoms with van der Waals surface area (Å²) in [6, 6.07) is 3.27. The van der Waals surface area contributed by atoms with Gasteiger partial charge in [0.05, 0.1) is 6.54 Å². The van der Waals surface area contributed by atoms with Gasteiger partial charge in [0.2, 0.25) is 5.09 Å². The topological polar surface area (TPSA) is 53.8 Å². The molecule has 0 aliphatic carbocycles. The fraction of sp³-hybridized carbons (Fsp3) is 0.467. The molecule has 0 aromatic carbocycles. The van der Waals surface area contributed by atoms with Crippen molar-refractivity contribution in [3.05, 3.63) is 43.2 Å². The van der Waals surface area contributed by atoms with Gasteiger partial charge in [0.1, 0.15) is 5.76 Å². The van der Waals surface area contributed by atoms with E-state index in [0.717, 1.165) is 12.8 Å². The van der Waals surface area contributed by atoms with Crippen molar-refractivity contribution in [1.82, 2.24) is 9.21 Å². The molecule has 0 spiro atoms. The van der Waals surface area contributed by atoms with Crippen LogP contribution in [0.5, 0.6) is 0 Å². The summed E-state index contributed by atoms with van der Waals surface area (Å²) in [6.07, 6.45) is 5.43. The van der Waals surface area contributed by atoms with Gasteiger partial charge in [0.25, 0.3) is 10.0 Å². The van der Waals surface area contributed by atoms with Crippen LogP contribution in [-0.2, 0) is 16.6 Å². The van der Waals surface area contributed by atoms with Crippen molar-refractivity contribution in [3.8, 4) is 0 Å². The zero-order valence-corrected chi connectivity index (χ0v) is 13.0. The standard InChI is InChI=1S/C15H22N2O3S/c1-3-9-16(10-4-2)13-14-7-8-15(20-14)21(18,19)17-11-5-6-12-17/h3-4,7-8H,1-2,5-6,9-13H2. The molecule has 0 unspecified atom stereocenters.